The summed E-state index contributed by atoms with van der Waals surface area (Å²) in [5.74, 6) is 0.799. The van der Waals surface area contributed by atoms with Gasteiger partial charge in [-0.1, -0.05) is 56.5 Å². The minimum Gasteiger partial charge on any atom is -0.0922 e. The summed E-state index contributed by atoms with van der Waals surface area (Å²) < 4.78 is 0. The summed E-state index contributed by atoms with van der Waals surface area (Å²) in [4.78, 5) is 0. The number of halogens is 1. The van der Waals surface area contributed by atoms with Gasteiger partial charge in [0, 0.05) is 5.33 Å². The zero-order valence-electron chi connectivity index (χ0n) is 8.99. The average molecular weight is 235 g/mol. The van der Waals surface area contributed by atoms with Gasteiger partial charge in [0.1, 0.15) is 0 Å². The molecule has 1 atom stereocenters. The molecule has 0 aliphatic heterocycles. The van der Waals surface area contributed by atoms with Crippen LogP contribution in [0, 0.1) is 11.3 Å². The van der Waals surface area contributed by atoms with Gasteiger partial charge in [0.15, 0.2) is 0 Å². The molecule has 0 amide bonds. The summed E-state index contributed by atoms with van der Waals surface area (Å²) in [6.45, 7) is 9.28. The van der Waals surface area contributed by atoms with E-state index in [9.17, 15) is 0 Å². The van der Waals surface area contributed by atoms with E-state index in [1.54, 1.807) is 0 Å². The predicted octanol–water partition coefficient (Wildman–Crippen LogP) is 4.62. The van der Waals surface area contributed by atoms with Gasteiger partial charge in [-0.3, -0.25) is 0 Å². The summed E-state index contributed by atoms with van der Waals surface area (Å²) >= 11 is 3.66. The highest BCUT2D eigenvalue weighted by Gasteiger charge is 2.29. The number of unbranched alkanes of at least 4 members (excludes halogenated alkanes) is 1. The second kappa shape index (κ2) is 6.01. The van der Waals surface area contributed by atoms with E-state index < -0.39 is 0 Å². The monoisotopic (exact) mass is 234 g/mol. The molecular weight excluding hydrogens is 212 g/mol. The molecule has 0 aromatic rings. The van der Waals surface area contributed by atoms with Gasteiger partial charge in [-0.05, 0) is 24.2 Å². The molecule has 0 fully saturated rings. The van der Waals surface area contributed by atoms with Crippen molar-refractivity contribution in [2.24, 2.45) is 11.3 Å². The molecule has 0 radical (unpaired) electrons. The molecule has 74 valence electrons. The van der Waals surface area contributed by atoms with Crippen LogP contribution >= 0.6 is 15.9 Å². The second-order valence-corrected chi connectivity index (χ2v) is 4.67. The highest BCUT2D eigenvalue weighted by molar-refractivity contribution is 9.09. The molecule has 1 heteroatoms. The molecule has 0 spiro atoms. The fourth-order valence-corrected chi connectivity index (χ4v) is 3.04. The normalized spacial score (nSPS) is 16.5. The van der Waals surface area contributed by atoms with Crippen LogP contribution in [0.25, 0.3) is 0 Å². The topological polar surface area (TPSA) is 0 Å². The lowest BCUT2D eigenvalue weighted by molar-refractivity contribution is 0.194. The third kappa shape index (κ3) is 3.08. The van der Waals surface area contributed by atoms with E-state index >= 15 is 0 Å². The van der Waals surface area contributed by atoms with Crippen LogP contribution in [0.1, 0.15) is 53.4 Å². The molecule has 0 heterocycles. The maximum atomic E-state index is 3.66. The number of hydrogen-bond donors (Lipinski definition) is 0. The molecule has 0 saturated heterocycles. The predicted molar refractivity (Wildman–Crippen MR) is 60.9 cm³/mol. The first-order valence-electron chi connectivity index (χ1n) is 5.19. The Morgan fingerprint density at radius 3 is 2.08 bits per heavy atom. The van der Waals surface area contributed by atoms with Crippen LogP contribution in [-0.4, -0.2) is 5.33 Å². The molecule has 0 aromatic heterocycles. The minimum atomic E-state index is 0.552. The summed E-state index contributed by atoms with van der Waals surface area (Å²) in [6, 6.07) is 0. The Morgan fingerprint density at radius 2 is 1.83 bits per heavy atom. The number of hydrogen-bond acceptors (Lipinski definition) is 0. The fourth-order valence-electron chi connectivity index (χ4n) is 1.72. The summed E-state index contributed by atoms with van der Waals surface area (Å²) in [6.07, 6.45) is 5.37. The quantitative estimate of drug-likeness (QED) is 0.589. The lowest BCUT2D eigenvalue weighted by Crippen LogP contribution is -2.28. The molecule has 0 nitrogen and oxygen atoms in total. The van der Waals surface area contributed by atoms with Crippen LogP contribution in [0.3, 0.4) is 0 Å². The average Bonchev–Trinajstić information content (AvgIpc) is 2.07. The van der Waals surface area contributed by atoms with Crippen molar-refractivity contribution in [2.45, 2.75) is 53.4 Å². The molecule has 0 N–H and O–H groups in total. The van der Waals surface area contributed by atoms with Gasteiger partial charge in [-0.2, -0.15) is 0 Å². The molecule has 0 bridgehead atoms. The van der Waals surface area contributed by atoms with Crippen LogP contribution in [-0.2, 0) is 0 Å². The zero-order chi connectivity index (χ0) is 9.61. The van der Waals surface area contributed by atoms with Gasteiger partial charge in [-0.15, -0.1) is 0 Å². The molecule has 0 saturated carbocycles. The van der Waals surface area contributed by atoms with Crippen molar-refractivity contribution in [3.05, 3.63) is 0 Å². The third-order valence-corrected chi connectivity index (χ3v) is 4.34. The first-order chi connectivity index (χ1) is 5.63. The van der Waals surface area contributed by atoms with Crippen molar-refractivity contribution >= 4 is 15.9 Å². The minimum absolute atomic E-state index is 0.552. The highest BCUT2D eigenvalue weighted by atomic mass is 79.9. The van der Waals surface area contributed by atoms with Gasteiger partial charge in [0.25, 0.3) is 0 Å². The first kappa shape index (κ1) is 12.5. The van der Waals surface area contributed by atoms with Crippen molar-refractivity contribution in [1.82, 2.24) is 0 Å². The molecule has 0 aromatic carbocycles. The summed E-state index contributed by atoms with van der Waals surface area (Å²) in [7, 11) is 0. The van der Waals surface area contributed by atoms with Crippen molar-refractivity contribution in [2.75, 3.05) is 5.33 Å². The Labute approximate surface area is 86.3 Å². The Balaban J connectivity index is 4.15. The zero-order valence-corrected chi connectivity index (χ0v) is 10.6. The van der Waals surface area contributed by atoms with E-state index in [0.29, 0.717) is 5.41 Å². The van der Waals surface area contributed by atoms with Crippen molar-refractivity contribution < 1.29 is 0 Å². The maximum Gasteiger partial charge on any atom is 0.00903 e. The van der Waals surface area contributed by atoms with Crippen LogP contribution < -0.4 is 0 Å². The maximum absolute atomic E-state index is 3.66. The van der Waals surface area contributed by atoms with Crippen LogP contribution in [0.2, 0.25) is 0 Å². The Morgan fingerprint density at radius 1 is 1.25 bits per heavy atom. The molecule has 0 aliphatic carbocycles. The summed E-state index contributed by atoms with van der Waals surface area (Å²) in [5.41, 5.74) is 0.552. The van der Waals surface area contributed by atoms with Crippen LogP contribution in [0.4, 0.5) is 0 Å². The van der Waals surface area contributed by atoms with Gasteiger partial charge in [-0.25, -0.2) is 0 Å². The highest BCUT2D eigenvalue weighted by Crippen LogP contribution is 2.38. The molecule has 0 rings (SSSR count). The standard InChI is InChI=1S/C11H23Br/c1-5-7-8-11(6-2,9-12)10(3)4/h10H,5-9H2,1-4H3. The van der Waals surface area contributed by atoms with Gasteiger partial charge in [0.05, 0.1) is 0 Å². The van der Waals surface area contributed by atoms with E-state index in [1.807, 2.05) is 0 Å². The fraction of sp³-hybridized carbons (Fsp3) is 1.00. The lowest BCUT2D eigenvalue weighted by atomic mass is 9.73. The lowest BCUT2D eigenvalue weighted by Gasteiger charge is -2.35. The van der Waals surface area contributed by atoms with Gasteiger partial charge >= 0.3 is 0 Å². The molecule has 1 unspecified atom stereocenters. The molecule has 12 heavy (non-hydrogen) atoms. The van der Waals surface area contributed by atoms with E-state index in [0.717, 1.165) is 11.2 Å². The van der Waals surface area contributed by atoms with E-state index in [2.05, 4.69) is 43.6 Å². The van der Waals surface area contributed by atoms with E-state index in [-0.39, 0.29) is 0 Å². The van der Waals surface area contributed by atoms with Crippen LogP contribution in [0.15, 0.2) is 0 Å². The second-order valence-electron chi connectivity index (χ2n) is 4.11. The van der Waals surface area contributed by atoms with Crippen LogP contribution in [0.5, 0.6) is 0 Å². The van der Waals surface area contributed by atoms with Gasteiger partial charge in [0.2, 0.25) is 0 Å². The van der Waals surface area contributed by atoms with Gasteiger partial charge < -0.3 is 0 Å². The Kier molecular flexibility index (Phi) is 6.25. The van der Waals surface area contributed by atoms with Crippen molar-refractivity contribution in [1.29, 1.82) is 0 Å². The third-order valence-electron chi connectivity index (χ3n) is 3.22. The number of rotatable bonds is 6. The van der Waals surface area contributed by atoms with Crippen molar-refractivity contribution in [3.63, 3.8) is 0 Å². The SMILES string of the molecule is CCCCC(CC)(CBr)C(C)C. The first-order valence-corrected chi connectivity index (χ1v) is 6.31. The van der Waals surface area contributed by atoms with E-state index in [1.165, 1.54) is 25.7 Å². The van der Waals surface area contributed by atoms with E-state index in [4.69, 9.17) is 0 Å². The van der Waals surface area contributed by atoms with Crippen molar-refractivity contribution in [3.8, 4) is 0 Å². The molecule has 0 aliphatic rings. The molecular formula is C11H23Br. The number of alkyl halides is 1. The Bertz CT molecular complexity index is 104. The summed E-state index contributed by atoms with van der Waals surface area (Å²) in [5, 5.41) is 1.16. The smallest absolute Gasteiger partial charge is 0.00903 e. The Hall–Kier alpha value is 0.480. The largest absolute Gasteiger partial charge is 0.0922 e.